The molecule has 2 aromatic rings. The molecule has 4 nitrogen and oxygen atoms in total. The molecule has 1 atom stereocenters. The van der Waals surface area contributed by atoms with Gasteiger partial charge in [-0.05, 0) is 29.8 Å². The van der Waals surface area contributed by atoms with Crippen LogP contribution in [0.2, 0.25) is 5.22 Å². The lowest BCUT2D eigenvalue weighted by Crippen LogP contribution is -2.27. The molecule has 0 aliphatic carbocycles. The third-order valence-electron chi connectivity index (χ3n) is 3.29. The minimum Gasteiger partial charge on any atom is -0.443 e. The molecule has 1 aromatic carbocycles. The molecule has 0 fully saturated rings. The Morgan fingerprint density at radius 1 is 1.27 bits per heavy atom. The van der Waals surface area contributed by atoms with E-state index in [9.17, 15) is 8.78 Å². The molecule has 0 bridgehead atoms. The van der Waals surface area contributed by atoms with E-state index >= 15 is 0 Å². The number of furan rings is 1. The van der Waals surface area contributed by atoms with Gasteiger partial charge in [-0.2, -0.15) is 0 Å². The fourth-order valence-corrected chi connectivity index (χ4v) is 2.33. The summed E-state index contributed by atoms with van der Waals surface area (Å²) in [5, 5.41) is 7.32. The first-order chi connectivity index (χ1) is 10.6. The van der Waals surface area contributed by atoms with Crippen LogP contribution in [0.3, 0.4) is 0 Å². The van der Waals surface area contributed by atoms with Crippen molar-refractivity contribution < 1.29 is 18.0 Å². The van der Waals surface area contributed by atoms with Crippen LogP contribution in [0.4, 0.5) is 8.78 Å². The summed E-state index contributed by atoms with van der Waals surface area (Å²) in [5.41, 5.74) is 1.09. The van der Waals surface area contributed by atoms with Crippen LogP contribution in [0.5, 0.6) is 0 Å². The lowest BCUT2D eigenvalue weighted by Gasteiger charge is -2.10. The molecule has 1 aliphatic rings. The van der Waals surface area contributed by atoms with Crippen LogP contribution < -0.4 is 5.32 Å². The van der Waals surface area contributed by atoms with Crippen LogP contribution in [0.25, 0.3) is 0 Å². The molecule has 0 saturated heterocycles. The number of hydrogen-bond donors (Lipinski definition) is 1. The van der Waals surface area contributed by atoms with Gasteiger partial charge in [-0.25, -0.2) is 8.78 Å². The van der Waals surface area contributed by atoms with Crippen molar-refractivity contribution in [2.75, 3.05) is 6.54 Å². The molecular formula is C15H13ClF2N2O2. The fraction of sp³-hybridized carbons (Fsp3) is 0.267. The van der Waals surface area contributed by atoms with Gasteiger partial charge in [0.1, 0.15) is 23.5 Å². The van der Waals surface area contributed by atoms with Gasteiger partial charge in [0.2, 0.25) is 0 Å². The molecule has 0 radical (unpaired) electrons. The van der Waals surface area contributed by atoms with E-state index in [0.29, 0.717) is 35.2 Å². The molecule has 1 N–H and O–H groups in total. The van der Waals surface area contributed by atoms with Gasteiger partial charge in [0.05, 0.1) is 0 Å². The second-order valence-corrected chi connectivity index (χ2v) is 5.31. The van der Waals surface area contributed by atoms with Gasteiger partial charge < -0.3 is 14.6 Å². The lowest BCUT2D eigenvalue weighted by atomic mass is 10.1. The van der Waals surface area contributed by atoms with Gasteiger partial charge in [-0.15, -0.1) is 0 Å². The summed E-state index contributed by atoms with van der Waals surface area (Å²) in [5.74, 6) is -0.574. The van der Waals surface area contributed by atoms with E-state index in [1.54, 1.807) is 12.1 Å². The van der Waals surface area contributed by atoms with Crippen LogP contribution in [0.15, 0.2) is 39.9 Å². The number of nitrogens with one attached hydrogen (secondary N) is 1. The predicted octanol–water partition coefficient (Wildman–Crippen LogP) is 3.49. The van der Waals surface area contributed by atoms with Gasteiger partial charge in [-0.1, -0.05) is 11.2 Å². The zero-order valence-electron chi connectivity index (χ0n) is 11.5. The van der Waals surface area contributed by atoms with Gasteiger partial charge in [0.15, 0.2) is 11.0 Å². The SMILES string of the molecule is Fc1ccc(CNCC2CC(c3ccc(Cl)o3)=NO2)c(F)c1. The summed E-state index contributed by atoms with van der Waals surface area (Å²) in [6, 6.07) is 6.88. The zero-order chi connectivity index (χ0) is 15.5. The van der Waals surface area contributed by atoms with Crippen molar-refractivity contribution in [1.82, 2.24) is 5.32 Å². The fourth-order valence-electron chi connectivity index (χ4n) is 2.19. The lowest BCUT2D eigenvalue weighted by molar-refractivity contribution is 0.0848. The maximum atomic E-state index is 13.5. The maximum absolute atomic E-state index is 13.5. The van der Waals surface area contributed by atoms with Crippen LogP contribution in [0, 0.1) is 11.6 Å². The Morgan fingerprint density at radius 2 is 2.14 bits per heavy atom. The van der Waals surface area contributed by atoms with Crippen molar-refractivity contribution >= 4 is 17.3 Å². The highest BCUT2D eigenvalue weighted by Crippen LogP contribution is 2.20. The number of oxime groups is 1. The highest BCUT2D eigenvalue weighted by atomic mass is 35.5. The molecule has 2 heterocycles. The molecular weight excluding hydrogens is 314 g/mol. The minimum atomic E-state index is -0.587. The maximum Gasteiger partial charge on any atom is 0.194 e. The molecule has 0 amide bonds. The number of rotatable bonds is 5. The summed E-state index contributed by atoms with van der Waals surface area (Å²) in [4.78, 5) is 5.29. The normalized spacial score (nSPS) is 17.4. The number of hydrogen-bond acceptors (Lipinski definition) is 4. The first kappa shape index (κ1) is 15.0. The highest BCUT2D eigenvalue weighted by molar-refractivity contribution is 6.29. The van der Waals surface area contributed by atoms with Crippen molar-refractivity contribution in [2.45, 2.75) is 19.1 Å². The average molecular weight is 327 g/mol. The van der Waals surface area contributed by atoms with Crippen molar-refractivity contribution in [1.29, 1.82) is 0 Å². The second kappa shape index (κ2) is 6.46. The van der Waals surface area contributed by atoms with Crippen molar-refractivity contribution in [3.63, 3.8) is 0 Å². The molecule has 0 saturated carbocycles. The summed E-state index contributed by atoms with van der Waals surface area (Å²) in [7, 11) is 0. The Balaban J connectivity index is 1.48. The van der Waals surface area contributed by atoms with E-state index < -0.39 is 11.6 Å². The topological polar surface area (TPSA) is 46.8 Å². The predicted molar refractivity (Wildman–Crippen MR) is 77.8 cm³/mol. The molecule has 1 aliphatic heterocycles. The monoisotopic (exact) mass is 326 g/mol. The van der Waals surface area contributed by atoms with Gasteiger partial charge in [0, 0.05) is 31.1 Å². The Labute approximate surface area is 130 Å². The Bertz CT molecular complexity index is 703. The smallest absolute Gasteiger partial charge is 0.194 e. The molecule has 3 rings (SSSR count). The van der Waals surface area contributed by atoms with Crippen LogP contribution >= 0.6 is 11.6 Å². The Morgan fingerprint density at radius 3 is 2.86 bits per heavy atom. The van der Waals surface area contributed by atoms with E-state index in [0.717, 1.165) is 6.07 Å². The van der Waals surface area contributed by atoms with Crippen LogP contribution in [-0.2, 0) is 11.4 Å². The van der Waals surface area contributed by atoms with Crippen LogP contribution in [-0.4, -0.2) is 18.4 Å². The summed E-state index contributed by atoms with van der Waals surface area (Å²) >= 11 is 5.72. The molecule has 0 spiro atoms. The van der Waals surface area contributed by atoms with Gasteiger partial charge in [0.25, 0.3) is 0 Å². The van der Waals surface area contributed by atoms with E-state index in [1.165, 1.54) is 12.1 Å². The molecule has 22 heavy (non-hydrogen) atoms. The quantitative estimate of drug-likeness (QED) is 0.915. The number of nitrogens with zero attached hydrogens (tertiary/aromatic N) is 1. The third-order valence-corrected chi connectivity index (χ3v) is 3.50. The van der Waals surface area contributed by atoms with E-state index in [2.05, 4.69) is 10.5 Å². The van der Waals surface area contributed by atoms with Crippen molar-refractivity contribution in [3.05, 3.63) is 58.5 Å². The first-order valence-electron chi connectivity index (χ1n) is 6.75. The second-order valence-electron chi connectivity index (χ2n) is 4.94. The van der Waals surface area contributed by atoms with Crippen molar-refractivity contribution in [2.24, 2.45) is 5.16 Å². The standard InChI is InChI=1S/C15H13ClF2N2O2/c16-15-4-3-14(21-15)13-6-11(22-20-13)8-19-7-9-1-2-10(17)5-12(9)18/h1-5,11,19H,6-8H2. The van der Waals surface area contributed by atoms with Gasteiger partial charge in [-0.3, -0.25) is 0 Å². The Kier molecular flexibility index (Phi) is 4.40. The summed E-state index contributed by atoms with van der Waals surface area (Å²) in [6.45, 7) is 0.770. The largest absolute Gasteiger partial charge is 0.443 e. The summed E-state index contributed by atoms with van der Waals surface area (Å²) < 4.78 is 31.6. The van der Waals surface area contributed by atoms with E-state index in [-0.39, 0.29) is 12.6 Å². The third kappa shape index (κ3) is 3.45. The Hall–Kier alpha value is -1.92. The molecule has 1 aromatic heterocycles. The van der Waals surface area contributed by atoms with E-state index in [1.807, 2.05) is 0 Å². The number of halogens is 3. The van der Waals surface area contributed by atoms with Crippen LogP contribution in [0.1, 0.15) is 17.7 Å². The molecule has 116 valence electrons. The van der Waals surface area contributed by atoms with Crippen molar-refractivity contribution in [3.8, 4) is 0 Å². The molecule has 1 unspecified atom stereocenters. The molecule has 7 heteroatoms. The van der Waals surface area contributed by atoms with Gasteiger partial charge >= 0.3 is 0 Å². The highest BCUT2D eigenvalue weighted by Gasteiger charge is 2.24. The summed E-state index contributed by atoms with van der Waals surface area (Å²) in [6.07, 6.45) is 0.408. The van der Waals surface area contributed by atoms with E-state index in [4.69, 9.17) is 20.9 Å². The zero-order valence-corrected chi connectivity index (χ0v) is 12.2. The first-order valence-corrected chi connectivity index (χ1v) is 7.12. The minimum absolute atomic E-state index is 0.164. The number of benzene rings is 1. The average Bonchev–Trinajstić information content (AvgIpc) is 3.10.